The van der Waals surface area contributed by atoms with Crippen molar-refractivity contribution in [2.75, 3.05) is 0 Å². The molecule has 0 bridgehead atoms. The monoisotopic (exact) mass is 512 g/mol. The van der Waals surface area contributed by atoms with Crippen molar-refractivity contribution >= 4 is 35.5 Å². The lowest BCUT2D eigenvalue weighted by Gasteiger charge is -2.11. The Morgan fingerprint density at radius 3 is 1.72 bits per heavy atom. The van der Waals surface area contributed by atoms with Crippen LogP contribution in [0.2, 0.25) is 0 Å². The van der Waals surface area contributed by atoms with Crippen LogP contribution in [0, 0.1) is 20.8 Å². The minimum atomic E-state index is -2.73. The smallest absolute Gasteiger partial charge is 0.324 e. The molecule has 0 fully saturated rings. The SMILES string of the molecule is Cc1ccc(C2=CC(c3ccc(C)cc3)=N/C2=C\c2c3ccccc3c(-c3ccc(C)cc3)n2B(F)F)cc1. The summed E-state index contributed by atoms with van der Waals surface area (Å²) in [5.74, 6) is 0. The molecule has 0 saturated heterocycles. The van der Waals surface area contributed by atoms with E-state index in [0.29, 0.717) is 17.1 Å². The fourth-order valence-electron chi connectivity index (χ4n) is 5.16. The van der Waals surface area contributed by atoms with Gasteiger partial charge in [-0.05, 0) is 44.1 Å². The number of fused-ring (bicyclic) bond motifs is 1. The van der Waals surface area contributed by atoms with Crippen LogP contribution in [0.25, 0.3) is 33.7 Å². The Bertz CT molecular complexity index is 1770. The highest BCUT2D eigenvalue weighted by Crippen LogP contribution is 2.39. The number of benzene rings is 4. The Labute approximate surface area is 227 Å². The lowest BCUT2D eigenvalue weighted by Crippen LogP contribution is -2.16. The molecule has 0 spiro atoms. The van der Waals surface area contributed by atoms with Gasteiger partial charge in [0.1, 0.15) is 0 Å². The second-order valence-corrected chi connectivity index (χ2v) is 10.1. The number of aliphatic imine (C=N–C) groups is 1. The van der Waals surface area contributed by atoms with Crippen molar-refractivity contribution < 1.29 is 8.63 Å². The van der Waals surface area contributed by atoms with Crippen LogP contribution < -0.4 is 0 Å². The van der Waals surface area contributed by atoms with E-state index < -0.39 is 7.40 Å². The van der Waals surface area contributed by atoms with Crippen molar-refractivity contribution in [3.8, 4) is 11.3 Å². The summed E-state index contributed by atoms with van der Waals surface area (Å²) in [4.78, 5) is 4.99. The first-order chi connectivity index (χ1) is 18.9. The van der Waals surface area contributed by atoms with Crippen LogP contribution in [0.3, 0.4) is 0 Å². The van der Waals surface area contributed by atoms with E-state index in [1.807, 2.05) is 87.5 Å². The molecule has 0 amide bonds. The van der Waals surface area contributed by atoms with Gasteiger partial charge >= 0.3 is 7.40 Å². The summed E-state index contributed by atoms with van der Waals surface area (Å²) in [5, 5.41) is 1.55. The van der Waals surface area contributed by atoms with Gasteiger partial charge in [-0.25, -0.2) is 4.99 Å². The summed E-state index contributed by atoms with van der Waals surface area (Å²) in [7, 11) is -2.73. The maximum Gasteiger partial charge on any atom is 0.678 e. The highest BCUT2D eigenvalue weighted by Gasteiger charge is 2.29. The predicted molar refractivity (Wildman–Crippen MR) is 160 cm³/mol. The molecule has 0 radical (unpaired) electrons. The van der Waals surface area contributed by atoms with Crippen molar-refractivity contribution in [1.29, 1.82) is 0 Å². The van der Waals surface area contributed by atoms with Crippen molar-refractivity contribution in [3.05, 3.63) is 142 Å². The van der Waals surface area contributed by atoms with Crippen molar-refractivity contribution in [2.24, 2.45) is 4.99 Å². The number of aromatic nitrogens is 1. The van der Waals surface area contributed by atoms with Gasteiger partial charge in [0.2, 0.25) is 0 Å². The van der Waals surface area contributed by atoms with Gasteiger partial charge in [-0.15, -0.1) is 0 Å². The molecule has 2 nitrogen and oxygen atoms in total. The first-order valence-electron chi connectivity index (χ1n) is 13.0. The molecule has 5 aromatic rings. The highest BCUT2D eigenvalue weighted by atomic mass is 19.2. The number of halogens is 2. The van der Waals surface area contributed by atoms with Gasteiger partial charge in [0.15, 0.2) is 0 Å². The largest absolute Gasteiger partial charge is 0.678 e. The van der Waals surface area contributed by atoms with E-state index in [0.717, 1.165) is 54.4 Å². The van der Waals surface area contributed by atoms with Crippen molar-refractivity contribution in [3.63, 3.8) is 0 Å². The lowest BCUT2D eigenvalue weighted by molar-refractivity contribution is 0.631. The first-order valence-corrected chi connectivity index (χ1v) is 13.0. The summed E-state index contributed by atoms with van der Waals surface area (Å²) in [5.41, 5.74) is 9.48. The molecule has 1 aliphatic heterocycles. The molecule has 1 aliphatic rings. The van der Waals surface area contributed by atoms with Gasteiger partial charge in [0, 0.05) is 33.3 Å². The number of aryl methyl sites for hydroxylation is 3. The Balaban J connectivity index is 1.60. The molecule has 0 unspecified atom stereocenters. The Kier molecular flexibility index (Phi) is 6.36. The summed E-state index contributed by atoms with van der Waals surface area (Å²) >= 11 is 0. The molecule has 6 rings (SSSR count). The molecule has 0 N–H and O–H groups in total. The standard InChI is InChI=1S/C34H27BF2N2/c1-22-8-14-25(15-9-22)30-20-31(26-16-10-23(2)11-17-26)38-32(30)21-33-28-6-4-5-7-29(28)34(39(33)35(36)37)27-18-12-24(3)13-19-27/h4-21H,1-3H3/b32-21-. The zero-order valence-electron chi connectivity index (χ0n) is 22.1. The van der Waals surface area contributed by atoms with Gasteiger partial charge in [-0.2, -0.15) is 0 Å². The highest BCUT2D eigenvalue weighted by molar-refractivity contribution is 6.43. The Hall–Kier alpha value is -4.51. The second-order valence-electron chi connectivity index (χ2n) is 10.1. The second kappa shape index (κ2) is 9.99. The van der Waals surface area contributed by atoms with E-state index in [1.54, 1.807) is 0 Å². The predicted octanol–water partition coefficient (Wildman–Crippen LogP) is 8.93. The molecule has 39 heavy (non-hydrogen) atoms. The van der Waals surface area contributed by atoms with Gasteiger partial charge in [0.05, 0.1) is 11.4 Å². The van der Waals surface area contributed by atoms with Gasteiger partial charge in [0.25, 0.3) is 0 Å². The van der Waals surface area contributed by atoms with Gasteiger partial charge < -0.3 is 4.48 Å². The third-order valence-corrected chi connectivity index (χ3v) is 7.26. The van der Waals surface area contributed by atoms with Crippen molar-refractivity contribution in [1.82, 2.24) is 4.48 Å². The van der Waals surface area contributed by atoms with Gasteiger partial charge in [-0.3, -0.25) is 8.63 Å². The number of allylic oxidation sites excluding steroid dienone is 2. The van der Waals surface area contributed by atoms with Crippen LogP contribution in [-0.4, -0.2) is 17.6 Å². The molecule has 1 aromatic heterocycles. The van der Waals surface area contributed by atoms with Crippen LogP contribution in [0.4, 0.5) is 8.63 Å². The number of hydrogen-bond donors (Lipinski definition) is 0. The van der Waals surface area contributed by atoms with E-state index in [1.165, 1.54) is 5.56 Å². The average molecular weight is 512 g/mol. The van der Waals surface area contributed by atoms with Gasteiger partial charge in [-0.1, -0.05) is 114 Å². The van der Waals surface area contributed by atoms with Crippen LogP contribution in [0.5, 0.6) is 0 Å². The number of rotatable bonds is 5. The van der Waals surface area contributed by atoms with E-state index >= 15 is 0 Å². The zero-order chi connectivity index (χ0) is 27.1. The normalized spacial score (nSPS) is 14.1. The molecule has 2 heterocycles. The van der Waals surface area contributed by atoms with Crippen LogP contribution in [0.1, 0.15) is 33.5 Å². The Morgan fingerprint density at radius 1 is 0.641 bits per heavy atom. The number of hydrogen-bond acceptors (Lipinski definition) is 1. The molecule has 0 saturated carbocycles. The minimum absolute atomic E-state index is 0.443. The van der Waals surface area contributed by atoms with Crippen LogP contribution in [0.15, 0.2) is 114 Å². The molecular formula is C34H27BF2N2. The van der Waals surface area contributed by atoms with E-state index in [4.69, 9.17) is 4.99 Å². The summed E-state index contributed by atoms with van der Waals surface area (Å²) < 4.78 is 30.9. The molecule has 5 heteroatoms. The topological polar surface area (TPSA) is 17.3 Å². The first kappa shape index (κ1) is 24.8. The van der Waals surface area contributed by atoms with Crippen LogP contribution >= 0.6 is 0 Å². The van der Waals surface area contributed by atoms with E-state index in [9.17, 15) is 8.63 Å². The third kappa shape index (κ3) is 4.65. The van der Waals surface area contributed by atoms with E-state index in [2.05, 4.69) is 42.5 Å². The Morgan fingerprint density at radius 2 is 1.15 bits per heavy atom. The minimum Gasteiger partial charge on any atom is -0.324 e. The number of nitrogens with zero attached hydrogens (tertiary/aromatic N) is 2. The quantitative estimate of drug-likeness (QED) is 0.209. The van der Waals surface area contributed by atoms with Crippen molar-refractivity contribution in [2.45, 2.75) is 20.8 Å². The average Bonchev–Trinajstić information content (AvgIpc) is 3.50. The fraction of sp³-hybridized carbons (Fsp3) is 0.0882. The summed E-state index contributed by atoms with van der Waals surface area (Å²) in [6.07, 6.45) is 3.87. The third-order valence-electron chi connectivity index (χ3n) is 7.26. The summed E-state index contributed by atoms with van der Waals surface area (Å²) in [6.45, 7) is 6.09. The molecule has 4 aromatic carbocycles. The molecular weight excluding hydrogens is 485 g/mol. The van der Waals surface area contributed by atoms with E-state index in [-0.39, 0.29) is 0 Å². The molecule has 0 aliphatic carbocycles. The summed E-state index contributed by atoms with van der Waals surface area (Å²) in [6, 6.07) is 31.8. The maximum absolute atomic E-state index is 14.9. The van der Waals surface area contributed by atoms with Crippen LogP contribution in [-0.2, 0) is 0 Å². The fourth-order valence-corrected chi connectivity index (χ4v) is 5.16. The molecule has 0 atom stereocenters. The lowest BCUT2D eigenvalue weighted by atomic mass is 9.99. The maximum atomic E-state index is 14.9. The zero-order valence-corrected chi connectivity index (χ0v) is 22.1. The molecule has 190 valence electrons.